The number of hydroxylamine groups is 1. The molecule has 146 valence electrons. The van der Waals surface area contributed by atoms with E-state index in [4.69, 9.17) is 9.57 Å². The lowest BCUT2D eigenvalue weighted by molar-refractivity contribution is -0.0258. The van der Waals surface area contributed by atoms with Gasteiger partial charge in [0.2, 0.25) is 0 Å². The van der Waals surface area contributed by atoms with Crippen molar-refractivity contribution < 1.29 is 22.8 Å². The molecule has 0 aliphatic carbocycles. The molecule has 0 N–H and O–H groups in total. The minimum absolute atomic E-state index is 0.0163. The Morgan fingerprint density at radius 2 is 1.79 bits per heavy atom. The van der Waals surface area contributed by atoms with Gasteiger partial charge < -0.3 is 4.74 Å². The number of sulfonamides is 1. The summed E-state index contributed by atoms with van der Waals surface area (Å²) in [5.74, 6) is -0.541. The molecule has 0 saturated heterocycles. The number of hydrogen-bond donors (Lipinski definition) is 0. The number of carbonyl (C=O) groups is 1. The molecule has 0 radical (unpaired) electrons. The second kappa shape index (κ2) is 8.34. The largest absolute Gasteiger partial charge is 0.457 e. The van der Waals surface area contributed by atoms with Crippen molar-refractivity contribution in [2.45, 2.75) is 11.5 Å². The van der Waals surface area contributed by atoms with Gasteiger partial charge in [-0.1, -0.05) is 16.6 Å². The van der Waals surface area contributed by atoms with Crippen molar-refractivity contribution in [3.8, 4) is 5.69 Å². The van der Waals surface area contributed by atoms with Gasteiger partial charge in [0.25, 0.3) is 10.0 Å². The molecule has 9 heteroatoms. The Kier molecular flexibility index (Phi) is 5.88. The number of benzene rings is 2. The predicted molar refractivity (Wildman–Crippen MR) is 101 cm³/mol. The van der Waals surface area contributed by atoms with E-state index in [0.717, 1.165) is 15.7 Å². The molecule has 28 heavy (non-hydrogen) atoms. The van der Waals surface area contributed by atoms with E-state index in [-0.39, 0.29) is 17.1 Å². The summed E-state index contributed by atoms with van der Waals surface area (Å²) < 4.78 is 32.1. The third-order valence-corrected chi connectivity index (χ3v) is 5.75. The lowest BCUT2D eigenvalue weighted by Crippen LogP contribution is -2.25. The van der Waals surface area contributed by atoms with Gasteiger partial charge in [-0.3, -0.25) is 4.84 Å². The number of nitrogens with zero attached hydrogens (tertiary/aromatic N) is 3. The summed E-state index contributed by atoms with van der Waals surface area (Å²) in [5, 5.41) is 4.15. The second-order valence-electron chi connectivity index (χ2n) is 5.81. The monoisotopic (exact) mass is 401 g/mol. The van der Waals surface area contributed by atoms with Crippen LogP contribution < -0.4 is 0 Å². The number of carbonyl (C=O) groups excluding carboxylic acids is 1. The summed E-state index contributed by atoms with van der Waals surface area (Å²) in [7, 11) is -1.22. The van der Waals surface area contributed by atoms with Crippen LogP contribution >= 0.6 is 0 Å². The van der Waals surface area contributed by atoms with Crippen molar-refractivity contribution in [2.75, 3.05) is 14.2 Å². The summed E-state index contributed by atoms with van der Waals surface area (Å²) in [5.41, 5.74) is 1.98. The summed E-state index contributed by atoms with van der Waals surface area (Å²) in [4.78, 5) is 16.9. The van der Waals surface area contributed by atoms with Crippen LogP contribution in [-0.2, 0) is 26.2 Å². The van der Waals surface area contributed by atoms with Gasteiger partial charge >= 0.3 is 5.97 Å². The molecule has 0 saturated carbocycles. The molecule has 0 aliphatic heterocycles. The Balaban J connectivity index is 1.62. The third kappa shape index (κ3) is 4.28. The van der Waals surface area contributed by atoms with Crippen LogP contribution in [0, 0.1) is 0 Å². The van der Waals surface area contributed by atoms with Crippen molar-refractivity contribution >= 4 is 16.0 Å². The van der Waals surface area contributed by atoms with E-state index in [1.807, 2.05) is 36.5 Å². The Hall–Kier alpha value is -3.01. The molecule has 1 heterocycles. The molecule has 0 atom stereocenters. The van der Waals surface area contributed by atoms with Crippen LogP contribution in [0.1, 0.15) is 15.9 Å². The zero-order valence-electron chi connectivity index (χ0n) is 15.3. The molecule has 1 aromatic heterocycles. The van der Waals surface area contributed by atoms with Crippen molar-refractivity contribution in [1.82, 2.24) is 14.2 Å². The minimum Gasteiger partial charge on any atom is -0.457 e. The van der Waals surface area contributed by atoms with Crippen LogP contribution in [0.3, 0.4) is 0 Å². The first-order valence-corrected chi connectivity index (χ1v) is 9.75. The third-order valence-electron chi connectivity index (χ3n) is 4.06. The maximum atomic E-state index is 12.2. The second-order valence-corrected chi connectivity index (χ2v) is 7.75. The van der Waals surface area contributed by atoms with Crippen LogP contribution in [0.4, 0.5) is 0 Å². The maximum Gasteiger partial charge on any atom is 0.338 e. The van der Waals surface area contributed by atoms with Crippen LogP contribution in [0.5, 0.6) is 0 Å². The molecular weight excluding hydrogens is 382 g/mol. The predicted octanol–water partition coefficient (Wildman–Crippen LogP) is 2.41. The van der Waals surface area contributed by atoms with Crippen LogP contribution in [0.25, 0.3) is 5.69 Å². The average Bonchev–Trinajstić information content (AvgIpc) is 3.26. The Morgan fingerprint density at radius 3 is 2.36 bits per heavy atom. The zero-order valence-corrected chi connectivity index (χ0v) is 16.2. The van der Waals surface area contributed by atoms with E-state index in [1.165, 1.54) is 38.4 Å². The molecule has 8 nitrogen and oxygen atoms in total. The highest BCUT2D eigenvalue weighted by molar-refractivity contribution is 7.89. The van der Waals surface area contributed by atoms with Crippen molar-refractivity contribution in [3.63, 3.8) is 0 Å². The molecule has 0 amide bonds. The standard InChI is InChI=1S/C19H19N3O5S/c1-21(26-2)28(24,25)18-10-6-16(7-11-18)19(23)27-14-15-4-8-17(9-5-15)22-13-3-12-20-22/h3-13H,14H2,1-2H3. The lowest BCUT2D eigenvalue weighted by atomic mass is 10.2. The van der Waals surface area contributed by atoms with E-state index in [2.05, 4.69) is 5.10 Å². The van der Waals surface area contributed by atoms with Crippen molar-refractivity contribution in [2.24, 2.45) is 0 Å². The summed E-state index contributed by atoms with van der Waals surface area (Å²) in [6.45, 7) is 0.102. The van der Waals surface area contributed by atoms with Gasteiger partial charge in [0.1, 0.15) is 6.61 Å². The highest BCUT2D eigenvalue weighted by Gasteiger charge is 2.21. The fraction of sp³-hybridized carbons (Fsp3) is 0.158. The van der Waals surface area contributed by atoms with E-state index >= 15 is 0 Å². The number of ether oxygens (including phenoxy) is 1. The Bertz CT molecular complexity index is 1030. The molecular formula is C19H19N3O5S. The number of hydrogen-bond acceptors (Lipinski definition) is 6. The lowest BCUT2D eigenvalue weighted by Gasteiger charge is -2.14. The molecule has 0 spiro atoms. The fourth-order valence-corrected chi connectivity index (χ4v) is 3.38. The van der Waals surface area contributed by atoms with Crippen LogP contribution in [0.2, 0.25) is 0 Å². The smallest absolute Gasteiger partial charge is 0.338 e. The first-order chi connectivity index (χ1) is 13.4. The number of esters is 1. The van der Waals surface area contributed by atoms with Gasteiger partial charge in [0, 0.05) is 19.4 Å². The van der Waals surface area contributed by atoms with Gasteiger partial charge in [-0.2, -0.15) is 5.10 Å². The normalized spacial score (nSPS) is 11.5. The number of rotatable bonds is 7. The van der Waals surface area contributed by atoms with Gasteiger partial charge in [-0.25, -0.2) is 17.9 Å². The van der Waals surface area contributed by atoms with Crippen molar-refractivity contribution in [3.05, 3.63) is 78.1 Å². The molecule has 3 aromatic rings. The summed E-state index contributed by atoms with van der Waals surface area (Å²) >= 11 is 0. The van der Waals surface area contributed by atoms with E-state index < -0.39 is 16.0 Å². The molecule has 0 unspecified atom stereocenters. The van der Waals surface area contributed by atoms with Crippen molar-refractivity contribution in [1.29, 1.82) is 0 Å². The summed E-state index contributed by atoms with van der Waals surface area (Å²) in [6.07, 6.45) is 3.53. The van der Waals surface area contributed by atoms with Crippen LogP contribution in [0.15, 0.2) is 71.9 Å². The van der Waals surface area contributed by atoms with E-state index in [0.29, 0.717) is 0 Å². The topological polar surface area (TPSA) is 90.7 Å². The van der Waals surface area contributed by atoms with Gasteiger partial charge in [-0.05, 0) is 48.0 Å². The first kappa shape index (κ1) is 19.7. The highest BCUT2D eigenvalue weighted by atomic mass is 32.2. The van der Waals surface area contributed by atoms with Gasteiger partial charge in [-0.15, -0.1) is 0 Å². The van der Waals surface area contributed by atoms with E-state index in [9.17, 15) is 13.2 Å². The van der Waals surface area contributed by atoms with Crippen LogP contribution in [-0.4, -0.2) is 42.8 Å². The molecule has 0 bridgehead atoms. The van der Waals surface area contributed by atoms with Gasteiger partial charge in [0.15, 0.2) is 0 Å². The fourth-order valence-electron chi connectivity index (χ4n) is 2.41. The first-order valence-electron chi connectivity index (χ1n) is 8.31. The molecule has 2 aromatic carbocycles. The SMILES string of the molecule is CON(C)S(=O)(=O)c1ccc(C(=O)OCc2ccc(-n3cccn3)cc2)cc1. The van der Waals surface area contributed by atoms with E-state index in [1.54, 1.807) is 10.9 Å². The van der Waals surface area contributed by atoms with Gasteiger partial charge in [0.05, 0.1) is 23.3 Å². The highest BCUT2D eigenvalue weighted by Crippen LogP contribution is 2.16. The Labute approximate surface area is 162 Å². The minimum atomic E-state index is -3.76. The Morgan fingerprint density at radius 1 is 1.11 bits per heavy atom. The molecule has 0 fully saturated rings. The quantitative estimate of drug-likeness (QED) is 0.446. The maximum absolute atomic E-state index is 12.2. The number of aromatic nitrogens is 2. The molecule has 3 rings (SSSR count). The summed E-state index contributed by atoms with van der Waals surface area (Å²) in [6, 6.07) is 14.8. The molecule has 0 aliphatic rings. The zero-order chi connectivity index (χ0) is 20.1. The average molecular weight is 401 g/mol.